The van der Waals surface area contributed by atoms with Gasteiger partial charge in [0.05, 0.1) is 81.6 Å². The Balaban J connectivity index is 0.732. The summed E-state index contributed by atoms with van der Waals surface area (Å²) in [6, 6.07) is 19.5. The van der Waals surface area contributed by atoms with Gasteiger partial charge in [-0.3, -0.25) is 24.0 Å². The molecule has 6 rings (SSSR count). The molecule has 8 N–H and O–H groups in total. The molecule has 7 amide bonds. The Morgan fingerprint density at radius 1 is 0.760 bits per heavy atom. The van der Waals surface area contributed by atoms with Gasteiger partial charge < -0.3 is 70.6 Å². The smallest absolute Gasteiger partial charge is 0.323 e. The van der Waals surface area contributed by atoms with Crippen LogP contribution in [-0.4, -0.2) is 153 Å². The highest BCUT2D eigenvalue weighted by molar-refractivity contribution is 7.13. The average Bonchev–Trinajstić information content (AvgIpc) is 4.15. The molecule has 3 atom stereocenters. The third-order valence-electron chi connectivity index (χ3n) is 11.6. The minimum absolute atomic E-state index is 0.0308. The number of aliphatic hydroxyl groups excluding tert-OH is 1. The van der Waals surface area contributed by atoms with Crippen molar-refractivity contribution in [1.82, 2.24) is 30.8 Å². The maximum absolute atomic E-state index is 13.9. The van der Waals surface area contributed by atoms with Crippen molar-refractivity contribution in [1.29, 1.82) is 0 Å². The fraction of sp³-hybridized carbons (Fsp3) is 0.415. The Labute approximate surface area is 439 Å². The molecule has 75 heavy (non-hydrogen) atoms. The number of carbonyl (C=O) groups is 6. The number of aliphatic hydroxyl groups is 1. The van der Waals surface area contributed by atoms with E-state index in [0.29, 0.717) is 56.7 Å². The zero-order valence-electron chi connectivity index (χ0n) is 42.6. The number of aromatic amines is 1. The molecule has 2 aromatic heterocycles. The largest absolute Gasteiger partial charge is 0.391 e. The van der Waals surface area contributed by atoms with Gasteiger partial charge in [-0.25, -0.2) is 9.78 Å². The number of likely N-dealkylation sites (tertiary alicyclic amines) is 1. The Morgan fingerprint density at radius 2 is 1.36 bits per heavy atom. The van der Waals surface area contributed by atoms with Gasteiger partial charge in [0, 0.05) is 72.4 Å². The number of thiazole rings is 1. The number of rotatable bonds is 28. The van der Waals surface area contributed by atoms with Crippen LogP contribution in [0.5, 0.6) is 0 Å². The van der Waals surface area contributed by atoms with E-state index in [2.05, 4.69) is 41.9 Å². The highest BCUT2D eigenvalue weighted by atomic mass is 32.1. The lowest BCUT2D eigenvalue weighted by Gasteiger charge is -2.35. The summed E-state index contributed by atoms with van der Waals surface area (Å²) in [5.41, 5.74) is 6.58. The maximum Gasteiger partial charge on any atom is 0.323 e. The number of nitrogens with zero attached hydrogens (tertiary/aromatic N) is 2. The molecule has 1 aliphatic heterocycles. The predicted octanol–water partition coefficient (Wildman–Crippen LogP) is 4.75. The number of urea groups is 1. The highest BCUT2D eigenvalue weighted by Crippen LogP contribution is 2.29. The first-order chi connectivity index (χ1) is 36.1. The van der Waals surface area contributed by atoms with Gasteiger partial charge in [-0.1, -0.05) is 45.0 Å². The maximum atomic E-state index is 13.9. The van der Waals surface area contributed by atoms with Gasteiger partial charge in [0.1, 0.15) is 18.7 Å². The molecule has 21 nitrogen and oxygen atoms in total. The molecule has 5 aromatic rings. The SMILES string of the molecule is Cc1ncsc1-c1ccc(CNC(=O)[C@@H]2C[C@@H](O)CN2C(=O)[C@@H](NC(=O)COCCOCCOCCOCCOCCNC(=O)/C=C/C(=O)Nc2ccc(NC(=O)Nc3ccc4[nH]ccc4c3)cc2)C(C)(C)C)cc1. The number of ether oxygens (including phenoxy) is 5. The van der Waals surface area contributed by atoms with E-state index in [1.54, 1.807) is 47.2 Å². The monoisotopic (exact) mass is 1050 g/mol. The molecular weight excluding hydrogens is 987 g/mol. The van der Waals surface area contributed by atoms with Crippen molar-refractivity contribution in [3.63, 3.8) is 0 Å². The second-order valence-electron chi connectivity index (χ2n) is 18.5. The van der Waals surface area contributed by atoms with Gasteiger partial charge in [-0.2, -0.15) is 0 Å². The van der Waals surface area contributed by atoms with Crippen LogP contribution in [0, 0.1) is 12.3 Å². The molecule has 1 saturated heterocycles. The Morgan fingerprint density at radius 3 is 2.00 bits per heavy atom. The molecule has 0 unspecified atom stereocenters. The average molecular weight is 1050 g/mol. The highest BCUT2D eigenvalue weighted by Gasteiger charge is 2.44. The summed E-state index contributed by atoms with van der Waals surface area (Å²) in [6.45, 7) is 10.0. The number of amides is 7. The minimum Gasteiger partial charge on any atom is -0.391 e. The van der Waals surface area contributed by atoms with Gasteiger partial charge in [-0.15, -0.1) is 11.3 Å². The van der Waals surface area contributed by atoms with Gasteiger partial charge in [0.2, 0.25) is 29.5 Å². The molecule has 1 aliphatic rings. The first-order valence-corrected chi connectivity index (χ1v) is 25.5. The summed E-state index contributed by atoms with van der Waals surface area (Å²) in [5.74, 6) is -2.31. The number of benzene rings is 3. The third kappa shape index (κ3) is 19.0. The van der Waals surface area contributed by atoms with Gasteiger partial charge in [0.15, 0.2) is 0 Å². The molecule has 0 aliphatic carbocycles. The summed E-state index contributed by atoms with van der Waals surface area (Å²) >= 11 is 1.56. The second kappa shape index (κ2) is 29.1. The summed E-state index contributed by atoms with van der Waals surface area (Å²) in [5, 5.41) is 28.0. The number of hydrogen-bond acceptors (Lipinski definition) is 14. The quantitative estimate of drug-likeness (QED) is 0.0249. The normalized spacial score (nSPS) is 14.9. The fourth-order valence-electron chi connectivity index (χ4n) is 7.73. The van der Waals surface area contributed by atoms with Crippen LogP contribution in [0.25, 0.3) is 21.3 Å². The number of H-pyrrole nitrogens is 1. The lowest BCUT2D eigenvalue weighted by molar-refractivity contribution is -0.144. The molecule has 0 spiro atoms. The number of nitrogens with one attached hydrogen (secondary N) is 7. The number of anilines is 3. The first-order valence-electron chi connectivity index (χ1n) is 24.6. The molecule has 22 heteroatoms. The molecule has 0 bridgehead atoms. The number of carbonyl (C=O) groups excluding carboxylic acids is 6. The molecule has 402 valence electrons. The Kier molecular flexibility index (Phi) is 22.2. The molecule has 3 heterocycles. The van der Waals surface area contributed by atoms with Crippen molar-refractivity contribution in [3.05, 3.63) is 108 Å². The lowest BCUT2D eigenvalue weighted by Crippen LogP contribution is -2.58. The van der Waals surface area contributed by atoms with Gasteiger partial charge in [0.25, 0.3) is 0 Å². The number of aromatic nitrogens is 2. The van der Waals surface area contributed by atoms with Crippen LogP contribution in [-0.2, 0) is 54.2 Å². The predicted molar refractivity (Wildman–Crippen MR) is 284 cm³/mol. The van der Waals surface area contributed by atoms with E-state index in [9.17, 15) is 33.9 Å². The Hall–Kier alpha value is -7.05. The van der Waals surface area contributed by atoms with Crippen molar-refractivity contribution in [3.8, 4) is 10.4 Å². The molecule has 3 aromatic carbocycles. The zero-order valence-corrected chi connectivity index (χ0v) is 43.4. The number of hydrogen-bond donors (Lipinski definition) is 8. The van der Waals surface area contributed by atoms with Crippen LogP contribution >= 0.6 is 11.3 Å². The van der Waals surface area contributed by atoms with E-state index >= 15 is 0 Å². The molecule has 0 radical (unpaired) electrons. The van der Waals surface area contributed by atoms with Gasteiger partial charge >= 0.3 is 6.03 Å². The van der Waals surface area contributed by atoms with E-state index < -0.39 is 53.3 Å². The van der Waals surface area contributed by atoms with Crippen molar-refractivity contribution in [2.24, 2.45) is 5.41 Å². The molecule has 1 fully saturated rings. The van der Waals surface area contributed by atoms with Crippen LogP contribution in [0.15, 0.2) is 96.7 Å². The summed E-state index contributed by atoms with van der Waals surface area (Å²) in [6.07, 6.45) is 3.26. The van der Waals surface area contributed by atoms with Crippen LogP contribution in [0.1, 0.15) is 38.4 Å². The Bertz CT molecular complexity index is 2690. The summed E-state index contributed by atoms with van der Waals surface area (Å²) in [4.78, 5) is 87.0. The second-order valence-corrected chi connectivity index (χ2v) is 19.4. The van der Waals surface area contributed by atoms with E-state index in [0.717, 1.165) is 44.8 Å². The van der Waals surface area contributed by atoms with Crippen molar-refractivity contribution in [2.75, 3.05) is 95.1 Å². The van der Waals surface area contributed by atoms with Gasteiger partial charge in [-0.05, 0) is 72.0 Å². The topological polar surface area (TPSA) is 273 Å². The first kappa shape index (κ1) is 57.2. The number of fused-ring (bicyclic) bond motifs is 1. The van der Waals surface area contributed by atoms with E-state index in [1.165, 1.54) is 4.90 Å². The van der Waals surface area contributed by atoms with Crippen LogP contribution < -0.4 is 31.9 Å². The zero-order chi connectivity index (χ0) is 53.6. The van der Waals surface area contributed by atoms with Crippen molar-refractivity contribution < 1.29 is 57.6 Å². The van der Waals surface area contributed by atoms with Crippen LogP contribution in [0.4, 0.5) is 21.9 Å². The van der Waals surface area contributed by atoms with Crippen LogP contribution in [0.3, 0.4) is 0 Å². The number of β-amino-alcohol motifs (C(OH)–C–C–N with tert-alkyl or cyclic N) is 1. The molecular formula is C53H67N9O12S. The fourth-order valence-corrected chi connectivity index (χ4v) is 8.54. The van der Waals surface area contributed by atoms with Crippen molar-refractivity contribution >= 4 is 74.9 Å². The molecule has 0 saturated carbocycles. The standard InChI is InChI=1S/C53H67N9O12S/c1-35-48(75-34-57-35)37-7-5-36(6-8-37)31-56-50(67)44-30-42(63)32-62(44)51(68)49(53(2,3)4)61-47(66)33-74-28-27-73-26-25-72-24-23-71-22-21-70-20-19-55-45(64)15-16-46(65)58-39-9-11-40(12-10-39)59-52(69)60-41-13-14-43-38(29-41)17-18-54-43/h5-18,29,34,42,44,49,54,63H,19-28,30-33H2,1-4H3,(H,55,64)(H,56,67)(H,58,65)(H,61,66)(H2,59,60,69)/b16-15+/t42-,44+,49-/m1/s1. The summed E-state index contributed by atoms with van der Waals surface area (Å²) in [7, 11) is 0. The minimum atomic E-state index is -0.982. The third-order valence-corrected chi connectivity index (χ3v) is 12.6. The van der Waals surface area contributed by atoms with E-state index in [4.69, 9.17) is 23.7 Å². The van der Waals surface area contributed by atoms with Crippen LogP contribution in [0.2, 0.25) is 0 Å². The van der Waals surface area contributed by atoms with E-state index in [-0.39, 0.29) is 58.4 Å². The van der Waals surface area contributed by atoms with E-state index in [1.807, 2.05) is 76.4 Å². The lowest BCUT2D eigenvalue weighted by atomic mass is 9.85. The number of aryl methyl sites for hydroxylation is 1. The van der Waals surface area contributed by atoms with Crippen molar-refractivity contribution in [2.45, 2.75) is 58.8 Å². The summed E-state index contributed by atoms with van der Waals surface area (Å²) < 4.78 is 27.5.